The van der Waals surface area contributed by atoms with Crippen LogP contribution in [0.1, 0.15) is 0 Å². The zero-order valence-electron chi connectivity index (χ0n) is 2.08. The van der Waals surface area contributed by atoms with Crippen LogP contribution in [0.25, 0.3) is 0 Å². The maximum Gasteiger partial charge on any atom is 0 e. The topological polar surface area (TPSA) is 0 Å². The molecule has 15 valence electrons. The van der Waals surface area contributed by atoms with Crippen LogP contribution >= 0.6 is 0 Å². The molecule has 0 saturated carbocycles. The summed E-state index contributed by atoms with van der Waals surface area (Å²) in [6, 6.07) is 0. The van der Waals surface area contributed by atoms with Crippen LogP contribution in [0, 0.1) is 76.4 Å². The van der Waals surface area contributed by atoms with Gasteiger partial charge in [-0.3, -0.25) is 0 Å². The molecule has 0 spiro atoms. The Hall–Kier alpha value is 4.23. The molecule has 0 heterocycles. The molecule has 0 N–H and O–H groups in total. The Bertz CT molecular complexity index is 8.00. The summed E-state index contributed by atoms with van der Waals surface area (Å²) in [6.07, 6.45) is 0. The van der Waals surface area contributed by atoms with E-state index in [2.05, 4.69) is 0 Å². The van der Waals surface area contributed by atoms with Gasteiger partial charge in [-0.15, -0.1) is 0 Å². The van der Waals surface area contributed by atoms with Gasteiger partial charge >= 0.3 is 0 Å². The van der Waals surface area contributed by atoms with E-state index in [9.17, 15) is 0 Å². The van der Waals surface area contributed by atoms with Gasteiger partial charge in [0.2, 0.25) is 0 Å². The third-order valence-electron chi connectivity index (χ3n) is 0. The second-order valence-corrected chi connectivity index (χ2v) is 0. The van der Waals surface area contributed by atoms with Crippen molar-refractivity contribution in [2.45, 2.75) is 0 Å². The van der Waals surface area contributed by atoms with Crippen LogP contribution in [0.5, 0.6) is 0 Å². The fourth-order valence-corrected chi connectivity index (χ4v) is 0. The third kappa shape index (κ3) is 9.52. The van der Waals surface area contributed by atoms with Gasteiger partial charge in [-0.1, -0.05) is 0 Å². The summed E-state index contributed by atoms with van der Waals surface area (Å²) in [4.78, 5) is 0. The van der Waals surface area contributed by atoms with Crippen LogP contribution in [-0.2, 0) is 26.2 Å². The van der Waals surface area contributed by atoms with Crippen molar-refractivity contribution in [1.29, 1.82) is 0 Å². The van der Waals surface area contributed by atoms with Crippen LogP contribution < -0.4 is 0 Å². The minimum Gasteiger partial charge on any atom is 0 e. The van der Waals surface area contributed by atoms with E-state index >= 15 is 0 Å². The van der Waals surface area contributed by atoms with Gasteiger partial charge in [-0.25, -0.2) is 0 Å². The first kappa shape index (κ1) is 24.0. The van der Waals surface area contributed by atoms with Crippen LogP contribution in [0.4, 0.5) is 0 Å². The fourth-order valence-electron chi connectivity index (χ4n) is 0. The van der Waals surface area contributed by atoms with Crippen molar-refractivity contribution in [1.82, 2.24) is 0 Å². The predicted octanol–water partition coefficient (Wildman–Crippen LogP) is -0.383. The van der Waals surface area contributed by atoms with Gasteiger partial charge in [0.1, 0.15) is 0 Å². The summed E-state index contributed by atoms with van der Waals surface area (Å²) in [5, 5.41) is 0. The minimum absolute atomic E-state index is 0. The number of hydrogen-bond acceptors (Lipinski definition) is 0. The van der Waals surface area contributed by atoms with Gasteiger partial charge < -0.3 is 0 Å². The zero-order valence-corrected chi connectivity index (χ0v) is 14.2. The molecule has 4 heteroatoms. The van der Waals surface area contributed by atoms with Crippen LogP contribution in [0.3, 0.4) is 0 Å². The van der Waals surface area contributed by atoms with Crippen molar-refractivity contribution in [2.24, 2.45) is 0 Å². The van der Waals surface area contributed by atoms with Crippen molar-refractivity contribution in [2.75, 3.05) is 0 Å². The van der Waals surface area contributed by atoms with Gasteiger partial charge in [-0.05, 0) is 0 Å². The normalized spacial score (nSPS) is 0. The monoisotopic (exact) mass is 491 g/mol. The molecular weight excluding hydrogens is 493 g/mol. The molecule has 0 amide bonds. The van der Waals surface area contributed by atoms with Gasteiger partial charge in [0.25, 0.3) is 0 Å². The molecule has 0 bridgehead atoms. The molecule has 0 aromatic heterocycles. The Morgan fingerprint density at radius 3 is 1.00 bits per heavy atom. The van der Waals surface area contributed by atoms with Crippen molar-refractivity contribution in [3.05, 3.63) is 0 Å². The smallest absolute Gasteiger partial charge is 0 e. The van der Waals surface area contributed by atoms with Gasteiger partial charge in [0.05, 0.1) is 0 Å². The minimum atomic E-state index is 0. The van der Waals surface area contributed by atoms with E-state index in [0.717, 1.165) is 0 Å². The summed E-state index contributed by atoms with van der Waals surface area (Å²) in [5.74, 6) is 0. The molecule has 0 saturated heterocycles. The van der Waals surface area contributed by atoms with E-state index in [1.807, 2.05) is 0 Å². The standard InChI is InChI=1S/La.Nd.Sn.Zr. The maximum atomic E-state index is 0. The van der Waals surface area contributed by atoms with Crippen molar-refractivity contribution >= 4 is 23.9 Å². The van der Waals surface area contributed by atoms with E-state index in [-0.39, 0.29) is 127 Å². The first-order chi connectivity index (χ1) is 0. The van der Waals surface area contributed by atoms with Crippen molar-refractivity contribution in [3.63, 3.8) is 0 Å². The zero-order chi connectivity index (χ0) is 0. The summed E-state index contributed by atoms with van der Waals surface area (Å²) < 4.78 is 0. The SMILES string of the molecule is [La].[Nd].[Sn].[Zr]. The molecule has 0 aromatic carbocycles. The van der Waals surface area contributed by atoms with Crippen LogP contribution in [0.2, 0.25) is 0 Å². The molecule has 0 unspecified atom stereocenters. The Morgan fingerprint density at radius 1 is 1.00 bits per heavy atom. The van der Waals surface area contributed by atoms with Crippen LogP contribution in [0.15, 0.2) is 0 Å². The quantitative estimate of drug-likeness (QED) is 0.404. The van der Waals surface area contributed by atoms with E-state index in [4.69, 9.17) is 0 Å². The van der Waals surface area contributed by atoms with E-state index in [1.54, 1.807) is 0 Å². The summed E-state index contributed by atoms with van der Waals surface area (Å²) in [5.41, 5.74) is 0. The third-order valence-corrected chi connectivity index (χ3v) is 0. The van der Waals surface area contributed by atoms with Gasteiger partial charge in [0.15, 0.2) is 0 Å². The van der Waals surface area contributed by atoms with E-state index < -0.39 is 0 Å². The molecule has 0 aliphatic rings. The first-order valence-corrected chi connectivity index (χ1v) is 0. The molecular formula is LaNdSnZr. The van der Waals surface area contributed by atoms with E-state index in [0.29, 0.717) is 0 Å². The Kier molecular flexibility index (Phi) is 94.3. The maximum absolute atomic E-state index is 0. The molecule has 0 fully saturated rings. The molecule has 0 aliphatic carbocycles. The second-order valence-electron chi connectivity index (χ2n) is 0. The average Bonchev–Trinajstić information content (AvgIpc) is 0. The molecule has 5 radical (unpaired) electrons. The molecule has 0 nitrogen and oxygen atoms in total. The largest absolute Gasteiger partial charge is 0 e. The second kappa shape index (κ2) is 15.7. The summed E-state index contributed by atoms with van der Waals surface area (Å²) in [7, 11) is 0. The molecule has 0 atom stereocenters. The first-order valence-electron chi connectivity index (χ1n) is 0. The summed E-state index contributed by atoms with van der Waals surface area (Å²) in [6.45, 7) is 0. The number of hydrogen-bond donors (Lipinski definition) is 0. The van der Waals surface area contributed by atoms with Gasteiger partial charge in [-0.2, -0.15) is 0 Å². The molecule has 0 rings (SSSR count). The van der Waals surface area contributed by atoms with E-state index in [1.165, 1.54) is 0 Å². The number of rotatable bonds is 0. The summed E-state index contributed by atoms with van der Waals surface area (Å²) >= 11 is 0. The van der Waals surface area contributed by atoms with Gasteiger partial charge in [0, 0.05) is 127 Å². The molecule has 0 aromatic rings. The van der Waals surface area contributed by atoms with Crippen LogP contribution in [-0.4, -0.2) is 23.9 Å². The Balaban J connectivity index is 0. The fraction of sp³-hybridized carbons (Fsp3) is 0. The Labute approximate surface area is 123 Å². The van der Waals surface area contributed by atoms with Crippen molar-refractivity contribution in [3.8, 4) is 0 Å². The Morgan fingerprint density at radius 2 is 1.00 bits per heavy atom. The average molecular weight is 493 g/mol. The van der Waals surface area contributed by atoms with Crippen molar-refractivity contribution < 1.29 is 103 Å². The molecule has 4 heavy (non-hydrogen) atoms. The predicted molar refractivity (Wildman–Crippen MR) is 5.75 cm³/mol. The molecule has 0 aliphatic heterocycles.